The molecule has 0 radical (unpaired) electrons. The van der Waals surface area contributed by atoms with Gasteiger partial charge in [-0.2, -0.15) is 0 Å². The van der Waals surface area contributed by atoms with Crippen LogP contribution in [0.25, 0.3) is 6.08 Å². The minimum atomic E-state index is -0.115. The van der Waals surface area contributed by atoms with E-state index in [1.165, 1.54) is 0 Å². The van der Waals surface area contributed by atoms with Gasteiger partial charge in [-0.1, -0.05) is 29.8 Å². The number of ether oxygens (including phenoxy) is 1. The van der Waals surface area contributed by atoms with Gasteiger partial charge in [-0.05, 0) is 50.1 Å². The van der Waals surface area contributed by atoms with Gasteiger partial charge in [-0.3, -0.25) is 9.59 Å². The monoisotopic (exact) mass is 385 g/mol. The predicted molar refractivity (Wildman–Crippen MR) is 103 cm³/mol. The second-order valence-corrected chi connectivity index (χ2v) is 6.43. The SMILES string of the molecule is CCOC(=O)C1CCCN(CCC(=O)C=Cc2ccc(Cl)cc2)C1.Cl. The molecule has 6 heteroatoms. The molecule has 0 N–H and O–H groups in total. The molecule has 1 unspecified atom stereocenters. The predicted octanol–water partition coefficient (Wildman–Crippen LogP) is 4.01. The van der Waals surface area contributed by atoms with Crippen LogP contribution in [0.1, 0.15) is 31.7 Å². The number of allylic oxidation sites excluding steroid dienone is 1. The van der Waals surface area contributed by atoms with E-state index in [4.69, 9.17) is 16.3 Å². The lowest BCUT2D eigenvalue weighted by molar-refractivity contribution is -0.149. The van der Waals surface area contributed by atoms with Gasteiger partial charge in [0.05, 0.1) is 12.5 Å². The van der Waals surface area contributed by atoms with Crippen LogP contribution < -0.4 is 0 Å². The van der Waals surface area contributed by atoms with Crippen molar-refractivity contribution in [2.24, 2.45) is 5.92 Å². The molecule has 1 saturated heterocycles. The molecule has 2 rings (SSSR count). The minimum Gasteiger partial charge on any atom is -0.466 e. The maximum Gasteiger partial charge on any atom is 0.310 e. The van der Waals surface area contributed by atoms with Crippen molar-refractivity contribution in [1.82, 2.24) is 4.90 Å². The van der Waals surface area contributed by atoms with Gasteiger partial charge >= 0.3 is 5.97 Å². The Morgan fingerprint density at radius 3 is 2.72 bits per heavy atom. The molecule has 4 nitrogen and oxygen atoms in total. The highest BCUT2D eigenvalue weighted by Gasteiger charge is 2.26. The van der Waals surface area contributed by atoms with Crippen molar-refractivity contribution in [1.29, 1.82) is 0 Å². The number of piperidine rings is 1. The fourth-order valence-corrected chi connectivity index (χ4v) is 2.95. The summed E-state index contributed by atoms with van der Waals surface area (Å²) in [5.74, 6) is -0.0854. The Labute approximate surface area is 160 Å². The first-order valence-electron chi connectivity index (χ1n) is 8.44. The minimum absolute atomic E-state index is 0. The summed E-state index contributed by atoms with van der Waals surface area (Å²) in [7, 11) is 0. The van der Waals surface area contributed by atoms with Crippen molar-refractivity contribution in [2.75, 3.05) is 26.2 Å². The van der Waals surface area contributed by atoms with Gasteiger partial charge in [0.15, 0.2) is 5.78 Å². The van der Waals surface area contributed by atoms with E-state index in [2.05, 4.69) is 4.90 Å². The number of halogens is 2. The number of hydrogen-bond acceptors (Lipinski definition) is 4. The highest BCUT2D eigenvalue weighted by molar-refractivity contribution is 6.30. The van der Waals surface area contributed by atoms with E-state index in [9.17, 15) is 9.59 Å². The third-order valence-corrected chi connectivity index (χ3v) is 4.38. The molecule has 0 spiro atoms. The summed E-state index contributed by atoms with van der Waals surface area (Å²) in [6.45, 7) is 4.55. The normalized spacial score (nSPS) is 17.9. The summed E-state index contributed by atoms with van der Waals surface area (Å²) in [5, 5.41) is 0.680. The first kappa shape index (κ1) is 21.7. The van der Waals surface area contributed by atoms with Crippen LogP contribution in [0.15, 0.2) is 30.3 Å². The lowest BCUT2D eigenvalue weighted by atomic mass is 9.98. The smallest absolute Gasteiger partial charge is 0.310 e. The summed E-state index contributed by atoms with van der Waals surface area (Å²) in [6.07, 6.45) is 5.71. The van der Waals surface area contributed by atoms with Gasteiger partial charge in [-0.25, -0.2) is 0 Å². The number of rotatable bonds is 7. The lowest BCUT2D eigenvalue weighted by Gasteiger charge is -2.31. The summed E-state index contributed by atoms with van der Waals surface area (Å²) >= 11 is 5.83. The largest absolute Gasteiger partial charge is 0.466 e. The van der Waals surface area contributed by atoms with E-state index in [1.54, 1.807) is 24.3 Å². The van der Waals surface area contributed by atoms with Gasteiger partial charge in [0.1, 0.15) is 0 Å². The number of hydrogen-bond donors (Lipinski definition) is 0. The first-order chi connectivity index (χ1) is 11.6. The summed E-state index contributed by atoms with van der Waals surface area (Å²) in [6, 6.07) is 7.35. The molecule has 0 aromatic heterocycles. The van der Waals surface area contributed by atoms with Crippen LogP contribution in [0.2, 0.25) is 5.02 Å². The number of carbonyl (C=O) groups is 2. The zero-order chi connectivity index (χ0) is 17.4. The number of likely N-dealkylation sites (tertiary alicyclic amines) is 1. The van der Waals surface area contributed by atoms with Crippen LogP contribution in [0.4, 0.5) is 0 Å². The second-order valence-electron chi connectivity index (χ2n) is 5.99. The fourth-order valence-electron chi connectivity index (χ4n) is 2.83. The zero-order valence-electron chi connectivity index (χ0n) is 14.4. The number of ketones is 1. The molecule has 1 aliphatic rings. The molecule has 1 atom stereocenters. The van der Waals surface area contributed by atoms with Crippen molar-refractivity contribution in [3.05, 3.63) is 40.9 Å². The van der Waals surface area contributed by atoms with Crippen LogP contribution in [0.3, 0.4) is 0 Å². The molecule has 1 fully saturated rings. The molecular weight excluding hydrogens is 361 g/mol. The second kappa shape index (κ2) is 11.3. The van der Waals surface area contributed by atoms with Crippen molar-refractivity contribution >= 4 is 41.8 Å². The quantitative estimate of drug-likeness (QED) is 0.525. The summed E-state index contributed by atoms with van der Waals surface area (Å²) < 4.78 is 5.10. The first-order valence-corrected chi connectivity index (χ1v) is 8.81. The van der Waals surface area contributed by atoms with Gasteiger partial charge in [0.2, 0.25) is 0 Å². The number of esters is 1. The Morgan fingerprint density at radius 2 is 2.04 bits per heavy atom. The van der Waals surface area contributed by atoms with Crippen molar-refractivity contribution in [3.8, 4) is 0 Å². The third kappa shape index (κ3) is 7.59. The lowest BCUT2D eigenvalue weighted by Crippen LogP contribution is -2.40. The van der Waals surface area contributed by atoms with E-state index in [1.807, 2.05) is 19.1 Å². The Hall–Kier alpha value is -1.36. The average Bonchev–Trinajstić information content (AvgIpc) is 2.60. The average molecular weight is 386 g/mol. The molecule has 0 saturated carbocycles. The highest BCUT2D eigenvalue weighted by atomic mass is 35.5. The van der Waals surface area contributed by atoms with Crippen molar-refractivity contribution < 1.29 is 14.3 Å². The zero-order valence-corrected chi connectivity index (χ0v) is 16.0. The molecule has 1 aliphatic heterocycles. The van der Waals surface area contributed by atoms with E-state index in [0.29, 0.717) is 31.1 Å². The van der Waals surface area contributed by atoms with Crippen LogP contribution >= 0.6 is 24.0 Å². The van der Waals surface area contributed by atoms with Gasteiger partial charge < -0.3 is 9.64 Å². The summed E-state index contributed by atoms with van der Waals surface area (Å²) in [5.41, 5.74) is 0.952. The van der Waals surface area contributed by atoms with E-state index in [0.717, 1.165) is 24.9 Å². The molecule has 1 aromatic rings. The molecular formula is C19H25Cl2NO3. The van der Waals surface area contributed by atoms with Gasteiger partial charge in [0, 0.05) is 24.5 Å². The van der Waals surface area contributed by atoms with Crippen LogP contribution in [-0.4, -0.2) is 42.9 Å². The van der Waals surface area contributed by atoms with Crippen molar-refractivity contribution in [2.45, 2.75) is 26.2 Å². The molecule has 1 heterocycles. The summed E-state index contributed by atoms with van der Waals surface area (Å²) in [4.78, 5) is 26.0. The highest BCUT2D eigenvalue weighted by Crippen LogP contribution is 2.18. The van der Waals surface area contributed by atoms with E-state index >= 15 is 0 Å². The van der Waals surface area contributed by atoms with Crippen molar-refractivity contribution in [3.63, 3.8) is 0 Å². The Bertz CT molecular complexity index is 587. The molecule has 25 heavy (non-hydrogen) atoms. The van der Waals surface area contributed by atoms with E-state index < -0.39 is 0 Å². The van der Waals surface area contributed by atoms with Gasteiger partial charge in [0.25, 0.3) is 0 Å². The standard InChI is InChI=1S/C19H24ClNO3.ClH/c1-2-24-19(23)16-4-3-12-21(14-16)13-11-18(22)10-7-15-5-8-17(20)9-6-15;/h5-10,16H,2-4,11-14H2,1H3;1H. The maximum atomic E-state index is 12.0. The number of benzene rings is 1. The van der Waals surface area contributed by atoms with Gasteiger partial charge in [-0.15, -0.1) is 12.4 Å². The molecule has 0 bridgehead atoms. The maximum absolute atomic E-state index is 12.0. The topological polar surface area (TPSA) is 46.6 Å². The molecule has 1 aromatic carbocycles. The fraction of sp³-hybridized carbons (Fsp3) is 0.474. The van der Waals surface area contributed by atoms with Crippen LogP contribution in [0, 0.1) is 5.92 Å². The molecule has 0 aliphatic carbocycles. The number of carbonyl (C=O) groups excluding carboxylic acids is 2. The van der Waals surface area contributed by atoms with Crippen LogP contribution in [-0.2, 0) is 14.3 Å². The Morgan fingerprint density at radius 1 is 1.32 bits per heavy atom. The Balaban J connectivity index is 0.00000312. The molecule has 0 amide bonds. The number of nitrogens with zero attached hydrogens (tertiary/aromatic N) is 1. The Kier molecular flexibility index (Phi) is 9.79. The van der Waals surface area contributed by atoms with Crippen LogP contribution in [0.5, 0.6) is 0 Å². The van der Waals surface area contributed by atoms with E-state index in [-0.39, 0.29) is 30.1 Å². The molecule has 138 valence electrons. The third-order valence-electron chi connectivity index (χ3n) is 4.13.